The van der Waals surface area contributed by atoms with Crippen molar-refractivity contribution in [2.75, 3.05) is 19.0 Å². The third kappa shape index (κ3) is 4.63. The maximum absolute atomic E-state index is 8.62. The molecule has 0 aliphatic rings. The molecule has 1 heterocycles. The van der Waals surface area contributed by atoms with E-state index in [0.29, 0.717) is 18.2 Å². The van der Waals surface area contributed by atoms with Crippen LogP contribution in [0.4, 0.5) is 0 Å². The number of aromatic nitrogens is 3. The van der Waals surface area contributed by atoms with Gasteiger partial charge >= 0.3 is 6.01 Å². The summed E-state index contributed by atoms with van der Waals surface area (Å²) in [6.45, 7) is 2.49. The van der Waals surface area contributed by atoms with E-state index in [0.717, 1.165) is 5.75 Å². The van der Waals surface area contributed by atoms with Gasteiger partial charge in [0.25, 0.3) is 0 Å². The average Bonchev–Trinajstić information content (AvgIpc) is 2.18. The summed E-state index contributed by atoms with van der Waals surface area (Å²) in [6.07, 6.45) is 0.692. The van der Waals surface area contributed by atoms with E-state index in [4.69, 9.17) is 21.4 Å². The van der Waals surface area contributed by atoms with Gasteiger partial charge in [-0.25, -0.2) is 0 Å². The fraction of sp³-hybridized carbons (Fsp3) is 0.625. The van der Waals surface area contributed by atoms with Gasteiger partial charge in [-0.3, -0.25) is 0 Å². The van der Waals surface area contributed by atoms with E-state index in [1.54, 1.807) is 0 Å². The molecule has 0 atom stereocenters. The fourth-order valence-corrected chi connectivity index (χ4v) is 1.75. The van der Waals surface area contributed by atoms with Gasteiger partial charge in [0, 0.05) is 12.4 Å². The summed E-state index contributed by atoms with van der Waals surface area (Å²) in [5.74, 6) is 0.738. The third-order valence-corrected chi connectivity index (χ3v) is 2.48. The molecule has 1 aromatic heterocycles. The van der Waals surface area contributed by atoms with Crippen LogP contribution in [0.2, 0.25) is 5.28 Å². The Hall–Kier alpha value is -0.590. The third-order valence-electron chi connectivity index (χ3n) is 1.37. The minimum Gasteiger partial charge on any atom is -0.464 e. The van der Waals surface area contributed by atoms with Crippen LogP contribution >= 0.6 is 23.4 Å². The van der Waals surface area contributed by atoms with Gasteiger partial charge in [0.1, 0.15) is 0 Å². The SMILES string of the molecule is CCOc1nc(Cl)nc(SCCCO)n1. The second-order valence-electron chi connectivity index (χ2n) is 2.53. The first-order valence-electron chi connectivity index (χ1n) is 4.54. The molecular formula is C8H12ClN3O2S. The second-order valence-corrected chi connectivity index (χ2v) is 3.93. The van der Waals surface area contributed by atoms with Crippen LogP contribution in [0.1, 0.15) is 13.3 Å². The smallest absolute Gasteiger partial charge is 0.321 e. The number of nitrogens with zero attached hydrogens (tertiary/aromatic N) is 3. The number of rotatable bonds is 6. The molecule has 0 fully saturated rings. The maximum Gasteiger partial charge on any atom is 0.321 e. The molecule has 0 radical (unpaired) electrons. The first kappa shape index (κ1) is 12.5. The molecule has 15 heavy (non-hydrogen) atoms. The molecule has 1 rings (SSSR count). The standard InChI is InChI=1S/C8H12ClN3O2S/c1-2-14-7-10-6(9)11-8(12-7)15-5-3-4-13/h13H,2-5H2,1H3. The Morgan fingerprint density at radius 3 is 2.87 bits per heavy atom. The Balaban J connectivity index is 2.62. The lowest BCUT2D eigenvalue weighted by Gasteiger charge is -2.03. The minimum atomic E-state index is 0.125. The van der Waals surface area contributed by atoms with E-state index in [1.807, 2.05) is 6.92 Å². The van der Waals surface area contributed by atoms with E-state index >= 15 is 0 Å². The van der Waals surface area contributed by atoms with Crippen molar-refractivity contribution in [3.8, 4) is 6.01 Å². The van der Waals surface area contributed by atoms with E-state index in [9.17, 15) is 0 Å². The summed E-state index contributed by atoms with van der Waals surface area (Å²) < 4.78 is 5.12. The van der Waals surface area contributed by atoms with Crippen molar-refractivity contribution in [1.29, 1.82) is 0 Å². The van der Waals surface area contributed by atoms with Gasteiger partial charge in [-0.1, -0.05) is 11.8 Å². The zero-order valence-corrected chi connectivity index (χ0v) is 9.88. The molecular weight excluding hydrogens is 238 g/mol. The number of hydrogen-bond donors (Lipinski definition) is 1. The van der Waals surface area contributed by atoms with Gasteiger partial charge in [0.2, 0.25) is 5.28 Å². The Morgan fingerprint density at radius 2 is 2.20 bits per heavy atom. The van der Waals surface area contributed by atoms with Crippen molar-refractivity contribution >= 4 is 23.4 Å². The number of ether oxygens (including phenoxy) is 1. The van der Waals surface area contributed by atoms with E-state index in [2.05, 4.69) is 15.0 Å². The van der Waals surface area contributed by atoms with Crippen LogP contribution in [0.15, 0.2) is 5.16 Å². The molecule has 0 unspecified atom stereocenters. The van der Waals surface area contributed by atoms with Crippen LogP contribution in [0.5, 0.6) is 6.01 Å². The topological polar surface area (TPSA) is 68.1 Å². The largest absolute Gasteiger partial charge is 0.464 e. The van der Waals surface area contributed by atoms with Gasteiger partial charge in [-0.2, -0.15) is 15.0 Å². The molecule has 1 aromatic rings. The molecule has 0 saturated carbocycles. The lowest BCUT2D eigenvalue weighted by atomic mass is 10.5. The molecule has 0 aromatic carbocycles. The number of hydrogen-bond acceptors (Lipinski definition) is 6. The summed E-state index contributed by atoms with van der Waals surface area (Å²) in [5.41, 5.74) is 0. The molecule has 0 aliphatic heterocycles. The quantitative estimate of drug-likeness (QED) is 0.607. The lowest BCUT2D eigenvalue weighted by Crippen LogP contribution is -2.01. The highest BCUT2D eigenvalue weighted by Crippen LogP contribution is 2.18. The number of aliphatic hydroxyl groups is 1. The van der Waals surface area contributed by atoms with Gasteiger partial charge in [-0.05, 0) is 24.9 Å². The minimum absolute atomic E-state index is 0.125. The zero-order chi connectivity index (χ0) is 11.1. The van der Waals surface area contributed by atoms with Crippen LogP contribution < -0.4 is 4.74 Å². The van der Waals surface area contributed by atoms with Crippen LogP contribution in [0.25, 0.3) is 0 Å². The first-order valence-corrected chi connectivity index (χ1v) is 5.90. The van der Waals surface area contributed by atoms with Crippen LogP contribution in [-0.2, 0) is 0 Å². The van der Waals surface area contributed by atoms with Crippen molar-refractivity contribution < 1.29 is 9.84 Å². The highest BCUT2D eigenvalue weighted by molar-refractivity contribution is 7.99. The van der Waals surface area contributed by atoms with Crippen LogP contribution in [0.3, 0.4) is 0 Å². The summed E-state index contributed by atoms with van der Waals surface area (Å²) >= 11 is 7.11. The molecule has 0 amide bonds. The van der Waals surface area contributed by atoms with Gasteiger partial charge < -0.3 is 9.84 Å². The first-order chi connectivity index (χ1) is 7.26. The Bertz CT molecular complexity index is 314. The van der Waals surface area contributed by atoms with Crippen molar-refractivity contribution in [3.05, 3.63) is 5.28 Å². The van der Waals surface area contributed by atoms with Crippen molar-refractivity contribution in [3.63, 3.8) is 0 Å². The second kappa shape index (κ2) is 6.81. The molecule has 0 bridgehead atoms. The molecule has 1 N–H and O–H groups in total. The summed E-state index contributed by atoms with van der Waals surface area (Å²) in [5, 5.41) is 9.27. The molecule has 7 heteroatoms. The predicted molar refractivity (Wildman–Crippen MR) is 58.4 cm³/mol. The van der Waals surface area contributed by atoms with Gasteiger partial charge in [-0.15, -0.1) is 0 Å². The number of thioether (sulfide) groups is 1. The van der Waals surface area contributed by atoms with Crippen molar-refractivity contribution in [2.24, 2.45) is 0 Å². The highest BCUT2D eigenvalue weighted by atomic mass is 35.5. The van der Waals surface area contributed by atoms with Gasteiger partial charge in [0.15, 0.2) is 5.16 Å². The van der Waals surface area contributed by atoms with Crippen LogP contribution in [-0.4, -0.2) is 39.0 Å². The lowest BCUT2D eigenvalue weighted by molar-refractivity contribution is 0.296. The van der Waals surface area contributed by atoms with Crippen LogP contribution in [0, 0.1) is 0 Å². The molecule has 0 spiro atoms. The monoisotopic (exact) mass is 249 g/mol. The molecule has 0 aliphatic carbocycles. The molecule has 5 nitrogen and oxygen atoms in total. The fourth-order valence-electron chi connectivity index (χ4n) is 0.801. The predicted octanol–water partition coefficient (Wildman–Crippen LogP) is 1.40. The summed E-state index contributed by atoms with van der Waals surface area (Å²) in [6, 6.07) is 0.240. The molecule has 0 saturated heterocycles. The van der Waals surface area contributed by atoms with E-state index < -0.39 is 0 Å². The maximum atomic E-state index is 8.62. The Labute approximate surface area is 97.2 Å². The highest BCUT2D eigenvalue weighted by Gasteiger charge is 2.05. The Kier molecular flexibility index (Phi) is 5.67. The van der Waals surface area contributed by atoms with Crippen molar-refractivity contribution in [1.82, 2.24) is 15.0 Å². The van der Waals surface area contributed by atoms with E-state index in [1.165, 1.54) is 11.8 Å². The van der Waals surface area contributed by atoms with Gasteiger partial charge in [0.05, 0.1) is 6.61 Å². The summed E-state index contributed by atoms with van der Waals surface area (Å²) in [4.78, 5) is 11.8. The Morgan fingerprint density at radius 1 is 1.40 bits per heavy atom. The van der Waals surface area contributed by atoms with Crippen molar-refractivity contribution in [2.45, 2.75) is 18.5 Å². The summed E-state index contributed by atoms with van der Waals surface area (Å²) in [7, 11) is 0. The zero-order valence-electron chi connectivity index (χ0n) is 8.31. The number of aliphatic hydroxyl groups excluding tert-OH is 1. The normalized spacial score (nSPS) is 10.3. The molecule has 84 valence electrons. The average molecular weight is 250 g/mol. The van der Waals surface area contributed by atoms with E-state index in [-0.39, 0.29) is 17.9 Å². The number of halogens is 1.